The molecule has 4 nitrogen and oxygen atoms in total. The van der Waals surface area contributed by atoms with Gasteiger partial charge in [-0.2, -0.15) is 0 Å². The van der Waals surface area contributed by atoms with Crippen LogP contribution in [0.4, 0.5) is 5.69 Å². The van der Waals surface area contributed by atoms with Crippen LogP contribution < -0.4 is 14.8 Å². The average molecular weight is 352 g/mol. The minimum absolute atomic E-state index is 0.248. The van der Waals surface area contributed by atoms with Gasteiger partial charge in [0, 0.05) is 22.3 Å². The highest BCUT2D eigenvalue weighted by Crippen LogP contribution is 2.36. The number of ether oxygens (including phenoxy) is 2. The molecule has 0 spiro atoms. The van der Waals surface area contributed by atoms with E-state index < -0.39 is 0 Å². The standard InChI is InChI=1S/C16H18BrNO3/c1-3-21-16-13(14(17)8-9-15(16)20-2)10-18-11-4-6-12(19)7-5-11/h4-9,18-19H,3,10H2,1-2H3. The van der Waals surface area contributed by atoms with Gasteiger partial charge in [-0.3, -0.25) is 0 Å². The van der Waals surface area contributed by atoms with Gasteiger partial charge < -0.3 is 19.9 Å². The lowest BCUT2D eigenvalue weighted by molar-refractivity contribution is 0.307. The van der Waals surface area contributed by atoms with E-state index in [1.807, 2.05) is 31.2 Å². The van der Waals surface area contributed by atoms with Gasteiger partial charge >= 0.3 is 0 Å². The molecule has 2 N–H and O–H groups in total. The van der Waals surface area contributed by atoms with Gasteiger partial charge in [-0.25, -0.2) is 0 Å². The fourth-order valence-corrected chi connectivity index (χ4v) is 2.43. The lowest BCUT2D eigenvalue weighted by Gasteiger charge is -2.16. The molecule has 5 heteroatoms. The zero-order chi connectivity index (χ0) is 15.2. The first-order valence-corrected chi connectivity index (χ1v) is 7.46. The quantitative estimate of drug-likeness (QED) is 0.766. The minimum atomic E-state index is 0.248. The molecule has 0 unspecified atom stereocenters. The molecule has 112 valence electrons. The van der Waals surface area contributed by atoms with Crippen molar-refractivity contribution in [2.24, 2.45) is 0 Å². The fourth-order valence-electron chi connectivity index (χ4n) is 1.98. The zero-order valence-electron chi connectivity index (χ0n) is 12.0. The van der Waals surface area contributed by atoms with Crippen LogP contribution in [0.1, 0.15) is 12.5 Å². The molecule has 0 bridgehead atoms. The van der Waals surface area contributed by atoms with E-state index in [0.717, 1.165) is 21.5 Å². The van der Waals surface area contributed by atoms with Gasteiger partial charge in [0.15, 0.2) is 11.5 Å². The van der Waals surface area contributed by atoms with E-state index >= 15 is 0 Å². The van der Waals surface area contributed by atoms with Crippen molar-refractivity contribution in [3.63, 3.8) is 0 Å². The van der Waals surface area contributed by atoms with Crippen molar-refractivity contribution >= 4 is 21.6 Å². The molecule has 2 rings (SSSR count). The Bertz CT molecular complexity index is 599. The van der Waals surface area contributed by atoms with Crippen molar-refractivity contribution in [2.75, 3.05) is 19.0 Å². The molecule has 0 amide bonds. The van der Waals surface area contributed by atoms with Gasteiger partial charge in [-0.1, -0.05) is 15.9 Å². The number of rotatable bonds is 6. The summed E-state index contributed by atoms with van der Waals surface area (Å²) in [5.41, 5.74) is 1.91. The average Bonchev–Trinajstić information content (AvgIpc) is 2.49. The maximum absolute atomic E-state index is 9.30. The fraction of sp³-hybridized carbons (Fsp3) is 0.250. The summed E-state index contributed by atoms with van der Waals surface area (Å²) in [6.07, 6.45) is 0. The molecule has 0 radical (unpaired) electrons. The molecule has 0 saturated carbocycles. The summed E-state index contributed by atoms with van der Waals surface area (Å²) < 4.78 is 12.0. The van der Waals surface area contributed by atoms with Crippen LogP contribution in [0.3, 0.4) is 0 Å². The SMILES string of the molecule is CCOc1c(OC)ccc(Br)c1CNc1ccc(O)cc1. The molecule has 0 saturated heterocycles. The Morgan fingerprint density at radius 2 is 1.86 bits per heavy atom. The van der Waals surface area contributed by atoms with Gasteiger partial charge in [0.1, 0.15) is 5.75 Å². The number of phenolic OH excluding ortho intramolecular Hbond substituents is 1. The van der Waals surface area contributed by atoms with Crippen LogP contribution >= 0.6 is 15.9 Å². The Hall–Kier alpha value is -1.88. The van der Waals surface area contributed by atoms with E-state index in [9.17, 15) is 5.11 Å². The Morgan fingerprint density at radius 3 is 2.48 bits per heavy atom. The van der Waals surface area contributed by atoms with Crippen molar-refractivity contribution in [1.82, 2.24) is 0 Å². The van der Waals surface area contributed by atoms with Crippen LogP contribution in [-0.2, 0) is 6.54 Å². The van der Waals surface area contributed by atoms with E-state index in [2.05, 4.69) is 21.2 Å². The van der Waals surface area contributed by atoms with Crippen LogP contribution in [0.15, 0.2) is 40.9 Å². The third-order valence-corrected chi connectivity index (χ3v) is 3.76. The van der Waals surface area contributed by atoms with Gasteiger partial charge in [0.2, 0.25) is 0 Å². The molecule has 0 aromatic heterocycles. The van der Waals surface area contributed by atoms with Crippen molar-refractivity contribution in [2.45, 2.75) is 13.5 Å². The number of halogens is 1. The maximum Gasteiger partial charge on any atom is 0.167 e. The molecular formula is C16H18BrNO3. The summed E-state index contributed by atoms with van der Waals surface area (Å²) in [5.74, 6) is 1.70. The Balaban J connectivity index is 2.23. The lowest BCUT2D eigenvalue weighted by atomic mass is 10.1. The van der Waals surface area contributed by atoms with Crippen molar-refractivity contribution < 1.29 is 14.6 Å². The molecule has 21 heavy (non-hydrogen) atoms. The van der Waals surface area contributed by atoms with E-state index in [1.165, 1.54) is 0 Å². The number of nitrogens with one attached hydrogen (secondary N) is 1. The van der Waals surface area contributed by atoms with Gasteiger partial charge in [-0.15, -0.1) is 0 Å². The second-order valence-electron chi connectivity index (χ2n) is 4.39. The highest BCUT2D eigenvalue weighted by atomic mass is 79.9. The van der Waals surface area contributed by atoms with Crippen LogP contribution in [0.5, 0.6) is 17.2 Å². The molecule has 2 aromatic rings. The Morgan fingerprint density at radius 1 is 1.14 bits per heavy atom. The third-order valence-electron chi connectivity index (χ3n) is 3.01. The highest BCUT2D eigenvalue weighted by molar-refractivity contribution is 9.10. The molecular weight excluding hydrogens is 334 g/mol. The highest BCUT2D eigenvalue weighted by Gasteiger charge is 2.14. The van der Waals surface area contributed by atoms with E-state index in [0.29, 0.717) is 18.9 Å². The van der Waals surface area contributed by atoms with Gasteiger partial charge in [0.25, 0.3) is 0 Å². The largest absolute Gasteiger partial charge is 0.508 e. The second-order valence-corrected chi connectivity index (χ2v) is 5.25. The maximum atomic E-state index is 9.30. The monoisotopic (exact) mass is 351 g/mol. The van der Waals surface area contributed by atoms with Crippen LogP contribution in [0, 0.1) is 0 Å². The number of hydrogen-bond donors (Lipinski definition) is 2. The third kappa shape index (κ3) is 3.82. The van der Waals surface area contributed by atoms with Gasteiger partial charge in [0.05, 0.1) is 13.7 Å². The molecule has 0 fully saturated rings. The zero-order valence-corrected chi connectivity index (χ0v) is 13.6. The van der Waals surface area contributed by atoms with Crippen LogP contribution in [-0.4, -0.2) is 18.8 Å². The second kappa shape index (κ2) is 7.22. The predicted octanol–water partition coefficient (Wildman–Crippen LogP) is 4.17. The molecule has 0 atom stereocenters. The number of anilines is 1. The lowest BCUT2D eigenvalue weighted by Crippen LogP contribution is -2.05. The first-order valence-electron chi connectivity index (χ1n) is 6.66. The topological polar surface area (TPSA) is 50.7 Å². The molecule has 0 heterocycles. The molecule has 0 aliphatic rings. The Labute approximate surface area is 132 Å². The summed E-state index contributed by atoms with van der Waals surface area (Å²) >= 11 is 3.55. The predicted molar refractivity (Wildman–Crippen MR) is 87.3 cm³/mol. The smallest absolute Gasteiger partial charge is 0.167 e. The van der Waals surface area contributed by atoms with Gasteiger partial charge in [-0.05, 0) is 43.3 Å². The molecule has 0 aliphatic carbocycles. The van der Waals surface area contributed by atoms with E-state index in [-0.39, 0.29) is 5.75 Å². The van der Waals surface area contributed by atoms with E-state index in [4.69, 9.17) is 9.47 Å². The normalized spacial score (nSPS) is 10.2. The summed E-state index contributed by atoms with van der Waals surface area (Å²) in [6.45, 7) is 3.09. The van der Waals surface area contributed by atoms with Crippen molar-refractivity contribution in [3.8, 4) is 17.2 Å². The summed E-state index contributed by atoms with van der Waals surface area (Å²) in [4.78, 5) is 0. The van der Waals surface area contributed by atoms with Crippen molar-refractivity contribution in [1.29, 1.82) is 0 Å². The number of hydrogen-bond acceptors (Lipinski definition) is 4. The number of methoxy groups -OCH3 is 1. The molecule has 2 aromatic carbocycles. The number of benzene rings is 2. The number of phenols is 1. The first-order chi connectivity index (χ1) is 10.2. The summed E-state index contributed by atoms with van der Waals surface area (Å²) in [5, 5.41) is 12.6. The minimum Gasteiger partial charge on any atom is -0.508 e. The summed E-state index contributed by atoms with van der Waals surface area (Å²) in [6, 6.07) is 10.8. The van der Waals surface area contributed by atoms with Crippen LogP contribution in [0.25, 0.3) is 0 Å². The number of aromatic hydroxyl groups is 1. The van der Waals surface area contributed by atoms with Crippen LogP contribution in [0.2, 0.25) is 0 Å². The first kappa shape index (κ1) is 15.5. The Kier molecular flexibility index (Phi) is 5.33. The van der Waals surface area contributed by atoms with E-state index in [1.54, 1.807) is 19.2 Å². The molecule has 0 aliphatic heterocycles. The summed E-state index contributed by atoms with van der Waals surface area (Å²) in [7, 11) is 1.63. The van der Waals surface area contributed by atoms with Crippen molar-refractivity contribution in [3.05, 3.63) is 46.4 Å².